The highest BCUT2D eigenvalue weighted by molar-refractivity contribution is 6.27. The van der Waals surface area contributed by atoms with Crippen molar-refractivity contribution in [3.8, 4) is 0 Å². The molecule has 0 spiro atoms. The number of hydrogen-bond acceptors (Lipinski definition) is 3. The van der Waals surface area contributed by atoms with E-state index in [2.05, 4.69) is 5.32 Å². The highest BCUT2D eigenvalue weighted by Gasteiger charge is 2.58. The first-order chi connectivity index (χ1) is 9.40. The Balaban J connectivity index is 2.43. The zero-order chi connectivity index (χ0) is 14.8. The monoisotopic (exact) mass is 285 g/mol. The normalized spacial score (nSPS) is 27.1. The Bertz CT molecular complexity index is 501. The Hall–Kier alpha value is -1.69. The lowest BCUT2D eigenvalue weighted by molar-refractivity contribution is -0.200. The number of benzene rings is 1. The van der Waals surface area contributed by atoms with Gasteiger partial charge >= 0.3 is 6.18 Å². The van der Waals surface area contributed by atoms with Crippen molar-refractivity contribution in [2.45, 2.75) is 30.5 Å². The number of hydrogen-bond donors (Lipinski definition) is 1. The van der Waals surface area contributed by atoms with Crippen molar-refractivity contribution in [2.75, 3.05) is 6.54 Å². The second-order valence-corrected chi connectivity index (χ2v) is 4.93. The van der Waals surface area contributed by atoms with Gasteiger partial charge in [-0.3, -0.25) is 9.59 Å². The molecule has 3 nitrogen and oxygen atoms in total. The third-order valence-corrected chi connectivity index (χ3v) is 3.82. The summed E-state index contributed by atoms with van der Waals surface area (Å²) >= 11 is 0. The van der Waals surface area contributed by atoms with E-state index in [9.17, 15) is 22.8 Å². The van der Waals surface area contributed by atoms with E-state index in [0.29, 0.717) is 0 Å². The first-order valence-electron chi connectivity index (χ1n) is 6.25. The number of piperidine rings is 1. The lowest BCUT2D eigenvalue weighted by Crippen LogP contribution is -2.56. The van der Waals surface area contributed by atoms with E-state index >= 15 is 0 Å². The van der Waals surface area contributed by atoms with Crippen LogP contribution in [0.15, 0.2) is 30.3 Å². The molecule has 0 aliphatic carbocycles. The maximum atomic E-state index is 13.6. The zero-order valence-corrected chi connectivity index (χ0v) is 10.6. The molecule has 6 heteroatoms. The topological polar surface area (TPSA) is 46.2 Å². The van der Waals surface area contributed by atoms with E-state index in [-0.39, 0.29) is 24.8 Å². The summed E-state index contributed by atoms with van der Waals surface area (Å²) in [5, 5.41) is 2.69. The third kappa shape index (κ3) is 2.47. The highest BCUT2D eigenvalue weighted by atomic mass is 19.4. The molecule has 1 aromatic rings. The lowest BCUT2D eigenvalue weighted by Gasteiger charge is -2.42. The standard InChI is InChI=1S/C14H14F3NO2/c15-14(16,17)13(10-4-2-1-3-5-10)6-7-18-11(8-13)12(20)9-19/h1-5,9,11,18H,6-8H2. The second-order valence-electron chi connectivity index (χ2n) is 4.93. The van der Waals surface area contributed by atoms with Gasteiger partial charge in [0.15, 0.2) is 6.29 Å². The summed E-state index contributed by atoms with van der Waals surface area (Å²) in [7, 11) is 0. The number of nitrogens with one attached hydrogen (secondary N) is 1. The van der Waals surface area contributed by atoms with Crippen molar-refractivity contribution in [1.82, 2.24) is 5.32 Å². The average Bonchev–Trinajstić information content (AvgIpc) is 2.46. The second kappa shape index (κ2) is 5.36. The van der Waals surface area contributed by atoms with Crippen molar-refractivity contribution >= 4 is 12.1 Å². The van der Waals surface area contributed by atoms with Crippen LogP contribution < -0.4 is 5.32 Å². The van der Waals surface area contributed by atoms with Gasteiger partial charge in [-0.05, 0) is 24.9 Å². The quantitative estimate of drug-likeness (QED) is 0.682. The van der Waals surface area contributed by atoms with E-state index in [1.807, 2.05) is 0 Å². The summed E-state index contributed by atoms with van der Waals surface area (Å²) in [5.41, 5.74) is -1.94. The summed E-state index contributed by atoms with van der Waals surface area (Å²) in [4.78, 5) is 21.9. The lowest BCUT2D eigenvalue weighted by atomic mass is 9.69. The van der Waals surface area contributed by atoms with E-state index in [1.54, 1.807) is 18.2 Å². The van der Waals surface area contributed by atoms with E-state index in [4.69, 9.17) is 0 Å². The Kier molecular flexibility index (Phi) is 3.94. The molecule has 1 aliphatic rings. The fourth-order valence-corrected chi connectivity index (χ4v) is 2.71. The van der Waals surface area contributed by atoms with E-state index in [0.717, 1.165) is 0 Å². The molecular weight excluding hydrogens is 271 g/mol. The average molecular weight is 285 g/mol. The van der Waals surface area contributed by atoms with Crippen LogP contribution in [0, 0.1) is 0 Å². The summed E-state index contributed by atoms with van der Waals surface area (Å²) in [6, 6.07) is 6.48. The third-order valence-electron chi connectivity index (χ3n) is 3.82. The van der Waals surface area contributed by atoms with E-state index < -0.39 is 29.8 Å². The van der Waals surface area contributed by atoms with Gasteiger partial charge in [0.1, 0.15) is 0 Å². The van der Waals surface area contributed by atoms with Crippen LogP contribution in [0.2, 0.25) is 0 Å². The molecule has 0 bridgehead atoms. The predicted octanol–water partition coefficient (Wildman–Crippen LogP) is 2.01. The number of rotatable bonds is 3. The summed E-state index contributed by atoms with van der Waals surface area (Å²) in [6.45, 7) is 0.0403. The summed E-state index contributed by atoms with van der Waals surface area (Å²) < 4.78 is 40.8. The number of Topliss-reactive ketones (excluding diaryl/α,β-unsaturated/α-hetero) is 1. The van der Waals surface area contributed by atoms with Crippen molar-refractivity contribution in [3.05, 3.63) is 35.9 Å². The van der Waals surface area contributed by atoms with Crippen LogP contribution in [-0.4, -0.2) is 30.8 Å². The summed E-state index contributed by atoms with van der Waals surface area (Å²) in [6.07, 6.45) is -4.99. The van der Waals surface area contributed by atoms with Gasteiger partial charge in [-0.25, -0.2) is 0 Å². The Morgan fingerprint density at radius 3 is 2.50 bits per heavy atom. The first-order valence-corrected chi connectivity index (χ1v) is 6.25. The maximum absolute atomic E-state index is 13.6. The summed E-state index contributed by atoms with van der Waals surface area (Å²) in [5.74, 6) is -0.839. The van der Waals surface area contributed by atoms with Crippen LogP contribution in [0.4, 0.5) is 13.2 Å². The molecule has 0 amide bonds. The molecule has 108 valence electrons. The molecule has 0 aromatic heterocycles. The van der Waals surface area contributed by atoms with Gasteiger partial charge in [-0.15, -0.1) is 0 Å². The van der Waals surface area contributed by atoms with Crippen LogP contribution in [0.5, 0.6) is 0 Å². The number of halogens is 3. The van der Waals surface area contributed by atoms with Gasteiger partial charge in [0.05, 0.1) is 11.5 Å². The van der Waals surface area contributed by atoms with Crippen LogP contribution in [0.1, 0.15) is 18.4 Å². The molecule has 0 radical (unpaired) electrons. The van der Waals surface area contributed by atoms with Gasteiger partial charge in [0.25, 0.3) is 0 Å². The van der Waals surface area contributed by atoms with E-state index in [1.165, 1.54) is 12.1 Å². The molecule has 0 saturated carbocycles. The molecule has 2 unspecified atom stereocenters. The Labute approximate surface area is 114 Å². The molecule has 1 aliphatic heterocycles. The molecule has 1 aromatic carbocycles. The number of ketones is 1. The Morgan fingerprint density at radius 2 is 1.95 bits per heavy atom. The minimum absolute atomic E-state index is 0.0403. The van der Waals surface area contributed by atoms with Gasteiger partial charge < -0.3 is 5.32 Å². The molecule has 20 heavy (non-hydrogen) atoms. The maximum Gasteiger partial charge on any atom is 0.398 e. The molecule has 1 N–H and O–H groups in total. The van der Waals surface area contributed by atoms with Gasteiger partial charge in [0, 0.05) is 0 Å². The molecule has 2 rings (SSSR count). The van der Waals surface area contributed by atoms with Gasteiger partial charge in [0.2, 0.25) is 5.78 Å². The highest BCUT2D eigenvalue weighted by Crippen LogP contribution is 2.48. The molecule has 1 heterocycles. The fraction of sp³-hybridized carbons (Fsp3) is 0.429. The fourth-order valence-electron chi connectivity index (χ4n) is 2.71. The largest absolute Gasteiger partial charge is 0.398 e. The molecular formula is C14H14F3NO2. The van der Waals surface area contributed by atoms with Crippen LogP contribution in [0.3, 0.4) is 0 Å². The molecule has 1 fully saturated rings. The van der Waals surface area contributed by atoms with Gasteiger partial charge in [-0.1, -0.05) is 30.3 Å². The predicted molar refractivity (Wildman–Crippen MR) is 66.3 cm³/mol. The first kappa shape index (κ1) is 14.7. The van der Waals surface area contributed by atoms with Crippen molar-refractivity contribution < 1.29 is 22.8 Å². The minimum Gasteiger partial charge on any atom is -0.307 e. The smallest absolute Gasteiger partial charge is 0.307 e. The number of alkyl halides is 3. The van der Waals surface area contributed by atoms with Crippen molar-refractivity contribution in [2.24, 2.45) is 0 Å². The van der Waals surface area contributed by atoms with Crippen molar-refractivity contribution in [1.29, 1.82) is 0 Å². The SMILES string of the molecule is O=CC(=O)C1CC(c2ccccc2)(C(F)(F)F)CCN1. The zero-order valence-electron chi connectivity index (χ0n) is 10.6. The number of carbonyl (C=O) groups excluding carboxylic acids is 2. The Morgan fingerprint density at radius 1 is 1.30 bits per heavy atom. The van der Waals surface area contributed by atoms with Crippen molar-refractivity contribution in [3.63, 3.8) is 0 Å². The van der Waals surface area contributed by atoms with Crippen LogP contribution in [0.25, 0.3) is 0 Å². The minimum atomic E-state index is -4.47. The number of aldehydes is 1. The molecule has 1 saturated heterocycles. The van der Waals surface area contributed by atoms with Crippen LogP contribution >= 0.6 is 0 Å². The van der Waals surface area contributed by atoms with Gasteiger partial charge in [-0.2, -0.15) is 13.2 Å². The van der Waals surface area contributed by atoms with Crippen LogP contribution in [-0.2, 0) is 15.0 Å². The molecule has 2 atom stereocenters. The number of carbonyl (C=O) groups is 2.